The van der Waals surface area contributed by atoms with Crippen molar-refractivity contribution >= 4 is 11.8 Å². The minimum Gasteiger partial charge on any atom is -0.464 e. The summed E-state index contributed by atoms with van der Waals surface area (Å²) >= 11 is 0. The first kappa shape index (κ1) is 14.9. The fourth-order valence-corrected chi connectivity index (χ4v) is 3.22. The fourth-order valence-electron chi connectivity index (χ4n) is 3.22. The van der Waals surface area contributed by atoms with Gasteiger partial charge in [-0.3, -0.25) is 0 Å². The van der Waals surface area contributed by atoms with Crippen LogP contribution < -0.4 is 5.73 Å². The van der Waals surface area contributed by atoms with Crippen molar-refractivity contribution in [1.82, 2.24) is 9.55 Å². The molecule has 2 unspecified atom stereocenters. The third-order valence-electron chi connectivity index (χ3n) is 4.36. The number of esters is 1. The van der Waals surface area contributed by atoms with E-state index in [1.807, 2.05) is 6.92 Å². The normalized spacial score (nSPS) is 23.4. The molecule has 2 atom stereocenters. The van der Waals surface area contributed by atoms with Crippen molar-refractivity contribution in [2.75, 3.05) is 12.8 Å². The minimum atomic E-state index is -0.447. The van der Waals surface area contributed by atoms with Gasteiger partial charge in [-0.05, 0) is 18.8 Å². The quantitative estimate of drug-likeness (QED) is 0.682. The van der Waals surface area contributed by atoms with Crippen LogP contribution in [0.15, 0.2) is 0 Å². The van der Waals surface area contributed by atoms with Crippen LogP contribution in [0.5, 0.6) is 0 Å². The number of nitrogen functional groups attached to an aromatic ring is 1. The van der Waals surface area contributed by atoms with Crippen LogP contribution in [0.25, 0.3) is 0 Å². The summed E-state index contributed by atoms with van der Waals surface area (Å²) in [7, 11) is 1.36. The summed E-state index contributed by atoms with van der Waals surface area (Å²) in [6, 6.07) is 0.346. The van der Waals surface area contributed by atoms with Crippen LogP contribution >= 0.6 is 0 Å². The van der Waals surface area contributed by atoms with Gasteiger partial charge in [0, 0.05) is 12.5 Å². The number of aryl methyl sites for hydroxylation is 1. The summed E-state index contributed by atoms with van der Waals surface area (Å²) in [4.78, 5) is 16.2. The number of rotatable bonds is 3. The molecule has 1 fully saturated rings. The van der Waals surface area contributed by atoms with E-state index in [0.29, 0.717) is 17.8 Å². The molecule has 0 amide bonds. The Morgan fingerprint density at radius 1 is 1.40 bits per heavy atom. The van der Waals surface area contributed by atoms with Crippen LogP contribution in [0.3, 0.4) is 0 Å². The molecule has 0 aliphatic heterocycles. The van der Waals surface area contributed by atoms with E-state index < -0.39 is 5.97 Å². The van der Waals surface area contributed by atoms with Crippen LogP contribution in [0.2, 0.25) is 0 Å². The van der Waals surface area contributed by atoms with Gasteiger partial charge >= 0.3 is 5.97 Å². The minimum absolute atomic E-state index is 0.265. The molecule has 0 bridgehead atoms. The predicted octanol–water partition coefficient (Wildman–Crippen LogP) is 2.96. The second kappa shape index (κ2) is 6.29. The van der Waals surface area contributed by atoms with E-state index >= 15 is 0 Å². The number of carbonyl (C=O) groups excluding carboxylic acids is 1. The second-order valence-corrected chi connectivity index (χ2v) is 5.66. The Balaban J connectivity index is 2.43. The highest BCUT2D eigenvalue weighted by atomic mass is 16.5. The van der Waals surface area contributed by atoms with Crippen molar-refractivity contribution in [2.45, 2.75) is 58.4 Å². The summed E-state index contributed by atoms with van der Waals surface area (Å²) in [6.07, 6.45) is 6.85. The lowest BCUT2D eigenvalue weighted by molar-refractivity contribution is 0.0595. The smallest absolute Gasteiger partial charge is 0.360 e. The Bertz CT molecular complexity index is 482. The molecule has 5 nitrogen and oxygen atoms in total. The van der Waals surface area contributed by atoms with Crippen molar-refractivity contribution in [3.63, 3.8) is 0 Å². The Kier molecular flexibility index (Phi) is 4.68. The average molecular weight is 279 g/mol. The number of nitrogens with two attached hydrogens (primary N) is 1. The molecule has 1 aromatic rings. The molecule has 20 heavy (non-hydrogen) atoms. The number of methoxy groups -OCH3 is 1. The van der Waals surface area contributed by atoms with E-state index in [4.69, 9.17) is 10.5 Å². The molecule has 1 heterocycles. The molecule has 0 radical (unpaired) electrons. The first-order chi connectivity index (χ1) is 9.60. The predicted molar refractivity (Wildman–Crippen MR) is 78.6 cm³/mol. The highest BCUT2D eigenvalue weighted by molar-refractivity contribution is 5.92. The topological polar surface area (TPSA) is 70.1 Å². The Labute approximate surface area is 120 Å². The number of aromatic nitrogens is 2. The van der Waals surface area contributed by atoms with Crippen LogP contribution in [0.4, 0.5) is 5.82 Å². The highest BCUT2D eigenvalue weighted by Crippen LogP contribution is 2.36. The lowest BCUT2D eigenvalue weighted by atomic mass is 9.96. The van der Waals surface area contributed by atoms with Crippen LogP contribution in [0, 0.1) is 5.92 Å². The SMILES string of the molecule is CCc1nc(C(=O)OC)c(N)n1C1CCCCCC1C. The van der Waals surface area contributed by atoms with Gasteiger partial charge in [0.1, 0.15) is 11.6 Å². The van der Waals surface area contributed by atoms with Gasteiger partial charge in [0.15, 0.2) is 5.69 Å². The highest BCUT2D eigenvalue weighted by Gasteiger charge is 2.28. The van der Waals surface area contributed by atoms with Crippen molar-refractivity contribution in [1.29, 1.82) is 0 Å². The number of anilines is 1. The lowest BCUT2D eigenvalue weighted by Crippen LogP contribution is -2.20. The number of hydrogen-bond acceptors (Lipinski definition) is 4. The summed E-state index contributed by atoms with van der Waals surface area (Å²) in [5.41, 5.74) is 6.46. The monoisotopic (exact) mass is 279 g/mol. The molecule has 0 saturated heterocycles. The Morgan fingerprint density at radius 3 is 2.75 bits per heavy atom. The van der Waals surface area contributed by atoms with Gasteiger partial charge in [-0.1, -0.05) is 33.1 Å². The van der Waals surface area contributed by atoms with Crippen LogP contribution in [-0.2, 0) is 11.2 Å². The maximum atomic E-state index is 11.8. The van der Waals surface area contributed by atoms with Gasteiger partial charge < -0.3 is 15.0 Å². The molecular formula is C15H25N3O2. The molecule has 0 aromatic carbocycles. The Hall–Kier alpha value is -1.52. The third kappa shape index (κ3) is 2.67. The first-order valence-corrected chi connectivity index (χ1v) is 7.55. The molecule has 2 rings (SSSR count). The van der Waals surface area contributed by atoms with E-state index in [2.05, 4.69) is 16.5 Å². The second-order valence-electron chi connectivity index (χ2n) is 5.66. The molecule has 1 saturated carbocycles. The number of ether oxygens (including phenoxy) is 1. The van der Waals surface area contributed by atoms with E-state index in [1.54, 1.807) is 0 Å². The molecule has 112 valence electrons. The molecular weight excluding hydrogens is 254 g/mol. The zero-order valence-corrected chi connectivity index (χ0v) is 12.7. The van der Waals surface area contributed by atoms with Crippen molar-refractivity contribution < 1.29 is 9.53 Å². The maximum absolute atomic E-state index is 11.8. The van der Waals surface area contributed by atoms with Gasteiger partial charge in [-0.25, -0.2) is 9.78 Å². The van der Waals surface area contributed by atoms with E-state index in [9.17, 15) is 4.79 Å². The maximum Gasteiger partial charge on any atom is 0.360 e. The summed E-state index contributed by atoms with van der Waals surface area (Å²) in [6.45, 7) is 4.31. The fraction of sp³-hybridized carbons (Fsp3) is 0.733. The van der Waals surface area contributed by atoms with E-state index in [0.717, 1.165) is 18.7 Å². The van der Waals surface area contributed by atoms with Crippen molar-refractivity contribution in [3.05, 3.63) is 11.5 Å². The molecule has 1 aliphatic carbocycles. The van der Waals surface area contributed by atoms with Gasteiger partial charge in [-0.15, -0.1) is 0 Å². The van der Waals surface area contributed by atoms with Gasteiger partial charge in [0.05, 0.1) is 7.11 Å². The first-order valence-electron chi connectivity index (χ1n) is 7.55. The summed E-state index contributed by atoms with van der Waals surface area (Å²) < 4.78 is 6.86. The third-order valence-corrected chi connectivity index (χ3v) is 4.36. The largest absolute Gasteiger partial charge is 0.464 e. The van der Waals surface area contributed by atoms with Crippen LogP contribution in [-0.4, -0.2) is 22.6 Å². The molecule has 1 aliphatic rings. The number of hydrogen-bond donors (Lipinski definition) is 1. The number of nitrogens with zero attached hydrogens (tertiary/aromatic N) is 2. The zero-order chi connectivity index (χ0) is 14.7. The molecule has 0 spiro atoms. The number of imidazole rings is 1. The van der Waals surface area contributed by atoms with Crippen LogP contribution in [0.1, 0.15) is 68.3 Å². The summed E-state index contributed by atoms with van der Waals surface area (Å²) in [5, 5.41) is 0. The summed E-state index contributed by atoms with van der Waals surface area (Å²) in [5.74, 6) is 1.47. The lowest BCUT2D eigenvalue weighted by Gasteiger charge is -2.26. The van der Waals surface area contributed by atoms with Crippen molar-refractivity contribution in [3.8, 4) is 0 Å². The van der Waals surface area contributed by atoms with Gasteiger partial charge in [0.2, 0.25) is 0 Å². The van der Waals surface area contributed by atoms with Crippen molar-refractivity contribution in [2.24, 2.45) is 5.92 Å². The molecule has 1 aromatic heterocycles. The zero-order valence-electron chi connectivity index (χ0n) is 12.7. The van der Waals surface area contributed by atoms with E-state index in [-0.39, 0.29) is 5.69 Å². The van der Waals surface area contributed by atoms with Gasteiger partial charge in [-0.2, -0.15) is 0 Å². The standard InChI is InChI=1S/C15H25N3O2/c1-4-12-17-13(15(19)20-3)14(16)18(12)11-9-7-5-6-8-10(11)2/h10-11H,4-9,16H2,1-3H3. The van der Waals surface area contributed by atoms with Gasteiger partial charge in [0.25, 0.3) is 0 Å². The number of carbonyl (C=O) groups is 1. The molecule has 2 N–H and O–H groups in total. The average Bonchev–Trinajstić information content (AvgIpc) is 2.63. The Morgan fingerprint density at radius 2 is 2.10 bits per heavy atom. The molecule has 5 heteroatoms. The van der Waals surface area contributed by atoms with E-state index in [1.165, 1.54) is 32.8 Å².